The molecule has 0 amide bonds. The van der Waals surface area contributed by atoms with Crippen LogP contribution in [0, 0.1) is 11.7 Å². The zero-order valence-corrected chi connectivity index (χ0v) is 20.4. The Hall–Kier alpha value is -1.92. The number of hydrogen-bond donors (Lipinski definition) is 0. The first kappa shape index (κ1) is 24.7. The number of hydrogen-bond acceptors (Lipinski definition) is 3. The van der Waals surface area contributed by atoms with E-state index in [0.29, 0.717) is 31.4 Å². The largest absolute Gasteiger partial charge is 0.495 e. The Morgan fingerprint density at radius 1 is 1.22 bits per heavy atom. The van der Waals surface area contributed by atoms with Gasteiger partial charge >= 0.3 is 0 Å². The minimum absolute atomic E-state index is 0.0913. The molecule has 0 bridgehead atoms. The highest BCUT2D eigenvalue weighted by Crippen LogP contribution is 2.36. The van der Waals surface area contributed by atoms with Gasteiger partial charge in [0.15, 0.2) is 0 Å². The van der Waals surface area contributed by atoms with Crippen molar-refractivity contribution in [2.24, 2.45) is 5.92 Å². The summed E-state index contributed by atoms with van der Waals surface area (Å²) in [5.41, 5.74) is -0.0708. The second-order valence-corrected chi connectivity index (χ2v) is 9.23. The quantitative estimate of drug-likeness (QED) is 0.353. The van der Waals surface area contributed by atoms with Crippen LogP contribution in [0.2, 0.25) is 10.2 Å². The lowest BCUT2D eigenvalue weighted by Gasteiger charge is -2.17. The van der Waals surface area contributed by atoms with Crippen molar-refractivity contribution in [2.45, 2.75) is 66.0 Å². The Labute approximate surface area is 198 Å². The first-order chi connectivity index (χ1) is 15.3. The highest BCUT2D eigenvalue weighted by Gasteiger charge is 2.25. The predicted octanol–water partition coefficient (Wildman–Crippen LogP) is 6.68. The van der Waals surface area contributed by atoms with Gasteiger partial charge in [-0.3, -0.25) is 9.48 Å². The number of benzene rings is 1. The summed E-state index contributed by atoms with van der Waals surface area (Å²) >= 11 is 12.7. The van der Waals surface area contributed by atoms with Gasteiger partial charge in [0.2, 0.25) is 0 Å². The summed E-state index contributed by atoms with van der Waals surface area (Å²) in [7, 11) is 0. The molecule has 1 aliphatic heterocycles. The van der Waals surface area contributed by atoms with Crippen LogP contribution in [0.25, 0.3) is 11.1 Å². The fraction of sp³-hybridized carbons (Fsp3) is 0.542. The van der Waals surface area contributed by atoms with Crippen molar-refractivity contribution in [2.75, 3.05) is 13.2 Å². The van der Waals surface area contributed by atoms with Gasteiger partial charge in [0.05, 0.1) is 17.2 Å². The number of nitrogens with zero attached hydrogens (tertiary/aromatic N) is 2. The molecule has 1 aromatic carbocycles. The summed E-state index contributed by atoms with van der Waals surface area (Å²) in [5.74, 6) is 0.972. The highest BCUT2D eigenvalue weighted by atomic mass is 35.5. The van der Waals surface area contributed by atoms with E-state index in [9.17, 15) is 9.18 Å². The fourth-order valence-electron chi connectivity index (χ4n) is 3.70. The number of ether oxygens (including phenoxy) is 2. The average molecular weight is 485 g/mol. The van der Waals surface area contributed by atoms with Gasteiger partial charge in [0.25, 0.3) is 5.56 Å². The summed E-state index contributed by atoms with van der Waals surface area (Å²) in [6, 6.07) is 2.62. The highest BCUT2D eigenvalue weighted by molar-refractivity contribution is 6.33. The minimum Gasteiger partial charge on any atom is -0.495 e. The maximum absolute atomic E-state index is 14.9. The Kier molecular flexibility index (Phi) is 8.72. The lowest BCUT2D eigenvalue weighted by atomic mass is 10.1. The van der Waals surface area contributed by atoms with Crippen molar-refractivity contribution in [3.63, 3.8) is 0 Å². The van der Waals surface area contributed by atoms with Crippen LogP contribution in [0.5, 0.6) is 5.75 Å². The number of allylic oxidation sites excluding steroid dienone is 1. The molecule has 2 aromatic rings. The molecule has 1 aliphatic rings. The van der Waals surface area contributed by atoms with E-state index in [4.69, 9.17) is 32.7 Å². The summed E-state index contributed by atoms with van der Waals surface area (Å²) in [6.07, 6.45) is 6.65. The van der Waals surface area contributed by atoms with Gasteiger partial charge in [0, 0.05) is 18.7 Å². The second-order valence-electron chi connectivity index (χ2n) is 8.47. The SMILES string of the molecule is CCCO/C(=C/CCC(C)C)COc1cc(-c2c(Cl)n3n(c2=O)CCCC3)c(F)cc1Cl. The summed E-state index contributed by atoms with van der Waals surface area (Å²) in [6.45, 7) is 8.33. The molecule has 0 aliphatic carbocycles. The third-order valence-corrected chi connectivity index (χ3v) is 6.11. The summed E-state index contributed by atoms with van der Waals surface area (Å²) in [5, 5.41) is 0.367. The molecular weight excluding hydrogens is 454 g/mol. The van der Waals surface area contributed by atoms with Crippen LogP contribution in [-0.2, 0) is 17.8 Å². The van der Waals surface area contributed by atoms with E-state index in [0.717, 1.165) is 32.1 Å². The molecule has 5 nitrogen and oxygen atoms in total. The molecule has 32 heavy (non-hydrogen) atoms. The first-order valence-electron chi connectivity index (χ1n) is 11.3. The topological polar surface area (TPSA) is 45.4 Å². The molecule has 1 aromatic heterocycles. The summed E-state index contributed by atoms with van der Waals surface area (Å²) < 4.78 is 29.9. The third-order valence-electron chi connectivity index (χ3n) is 5.43. The Balaban J connectivity index is 1.87. The van der Waals surface area contributed by atoms with Crippen molar-refractivity contribution in [1.82, 2.24) is 9.36 Å². The van der Waals surface area contributed by atoms with Gasteiger partial charge in [0.1, 0.15) is 29.1 Å². The van der Waals surface area contributed by atoms with Crippen LogP contribution in [-0.4, -0.2) is 22.6 Å². The van der Waals surface area contributed by atoms with Gasteiger partial charge < -0.3 is 9.47 Å². The molecule has 176 valence electrons. The zero-order valence-electron chi connectivity index (χ0n) is 18.9. The van der Waals surface area contributed by atoms with Crippen LogP contribution in [0.4, 0.5) is 4.39 Å². The van der Waals surface area contributed by atoms with Gasteiger partial charge in [-0.05, 0) is 56.2 Å². The van der Waals surface area contributed by atoms with Crippen molar-refractivity contribution in [3.05, 3.63) is 50.3 Å². The van der Waals surface area contributed by atoms with Gasteiger partial charge in [-0.1, -0.05) is 44.0 Å². The van der Waals surface area contributed by atoms with E-state index >= 15 is 0 Å². The van der Waals surface area contributed by atoms with Crippen LogP contribution < -0.4 is 10.3 Å². The monoisotopic (exact) mass is 484 g/mol. The average Bonchev–Trinajstić information content (AvgIpc) is 3.01. The van der Waals surface area contributed by atoms with Crippen molar-refractivity contribution in [3.8, 4) is 16.9 Å². The maximum Gasteiger partial charge on any atom is 0.276 e. The second kappa shape index (κ2) is 11.3. The normalized spacial score (nSPS) is 14.0. The smallest absolute Gasteiger partial charge is 0.276 e. The molecule has 3 rings (SSSR count). The lowest BCUT2D eigenvalue weighted by Crippen LogP contribution is -2.27. The zero-order chi connectivity index (χ0) is 23.3. The van der Waals surface area contributed by atoms with Crippen LogP contribution in [0.15, 0.2) is 28.8 Å². The number of rotatable bonds is 10. The molecule has 0 fully saturated rings. The van der Waals surface area contributed by atoms with Gasteiger partial charge in [-0.15, -0.1) is 0 Å². The van der Waals surface area contributed by atoms with Crippen LogP contribution in [0.1, 0.15) is 52.9 Å². The molecule has 0 N–H and O–H groups in total. The molecule has 8 heteroatoms. The minimum atomic E-state index is -0.611. The number of fused-ring (bicyclic) bond motifs is 1. The van der Waals surface area contributed by atoms with E-state index in [1.54, 1.807) is 9.36 Å². The van der Waals surface area contributed by atoms with Gasteiger partial charge in [-0.2, -0.15) is 0 Å². The Morgan fingerprint density at radius 2 is 1.94 bits per heavy atom. The summed E-state index contributed by atoms with van der Waals surface area (Å²) in [4.78, 5) is 12.9. The van der Waals surface area contributed by atoms with E-state index in [1.165, 1.54) is 12.1 Å². The van der Waals surface area contributed by atoms with Gasteiger partial charge in [-0.25, -0.2) is 9.07 Å². The van der Waals surface area contributed by atoms with Crippen molar-refractivity contribution in [1.29, 1.82) is 0 Å². The third kappa shape index (κ3) is 5.70. The Morgan fingerprint density at radius 3 is 2.59 bits per heavy atom. The molecule has 0 saturated carbocycles. The molecule has 0 atom stereocenters. The Bertz CT molecular complexity index is 1030. The lowest BCUT2D eigenvalue weighted by molar-refractivity contribution is 0.168. The van der Waals surface area contributed by atoms with E-state index < -0.39 is 5.82 Å². The molecule has 0 saturated heterocycles. The first-order valence-corrected chi connectivity index (χ1v) is 12.0. The standard InChI is InChI=1S/C24H31Cl2FN2O3/c1-4-12-31-17(9-7-8-16(2)3)15-32-21-13-18(20(27)14-19(21)25)22-23(26)28-10-5-6-11-29(28)24(22)30/h9,13-14,16H,4-8,10-12,15H2,1-3H3/b17-9+. The van der Waals surface area contributed by atoms with Crippen LogP contribution >= 0.6 is 23.2 Å². The van der Waals surface area contributed by atoms with E-state index in [2.05, 4.69) is 13.8 Å². The molecule has 0 spiro atoms. The van der Waals surface area contributed by atoms with E-state index in [-0.39, 0.29) is 39.2 Å². The number of aromatic nitrogens is 2. The fourth-order valence-corrected chi connectivity index (χ4v) is 4.27. The van der Waals surface area contributed by atoms with Crippen molar-refractivity contribution < 1.29 is 13.9 Å². The molecule has 2 heterocycles. The van der Waals surface area contributed by atoms with E-state index in [1.807, 2.05) is 13.0 Å². The maximum atomic E-state index is 14.9. The number of halogens is 3. The molecular formula is C24H31Cl2FN2O3. The van der Waals surface area contributed by atoms with Crippen LogP contribution in [0.3, 0.4) is 0 Å². The van der Waals surface area contributed by atoms with Crippen molar-refractivity contribution >= 4 is 23.2 Å². The molecule has 0 unspecified atom stereocenters. The molecule has 0 radical (unpaired) electrons. The predicted molar refractivity (Wildman–Crippen MR) is 127 cm³/mol.